The lowest BCUT2D eigenvalue weighted by Crippen LogP contribution is -2.39. The zero-order chi connectivity index (χ0) is 25.3. The van der Waals surface area contributed by atoms with Crippen LogP contribution in [-0.4, -0.2) is 48.9 Å². The minimum Gasteiger partial charge on any atom is -0.493 e. The molecule has 3 heterocycles. The number of hydrogen-bond donors (Lipinski definition) is 2. The molecule has 1 saturated heterocycles. The molecule has 9 nitrogen and oxygen atoms in total. The Kier molecular flexibility index (Phi) is 7.54. The van der Waals surface area contributed by atoms with Crippen molar-refractivity contribution < 1.29 is 13.2 Å². The Labute approximate surface area is 207 Å². The third kappa shape index (κ3) is 4.96. The number of rotatable bonds is 8. The Morgan fingerprint density at radius 3 is 2.54 bits per heavy atom. The zero-order valence-corrected chi connectivity index (χ0v) is 22.1. The number of benzene rings is 1. The van der Waals surface area contributed by atoms with Crippen molar-refractivity contribution in [2.75, 3.05) is 31.3 Å². The van der Waals surface area contributed by atoms with Crippen LogP contribution in [0.5, 0.6) is 5.75 Å². The molecular weight excluding hydrogens is 466 g/mol. The summed E-state index contributed by atoms with van der Waals surface area (Å²) >= 11 is 0. The molecule has 2 N–H and O–H groups in total. The van der Waals surface area contributed by atoms with Gasteiger partial charge in [-0.1, -0.05) is 20.8 Å². The van der Waals surface area contributed by atoms with Crippen LogP contribution in [-0.2, 0) is 10.0 Å². The number of anilines is 1. The van der Waals surface area contributed by atoms with E-state index in [9.17, 15) is 13.2 Å². The fourth-order valence-electron chi connectivity index (χ4n) is 5.00. The number of fused-ring (bicyclic) bond motifs is 1. The van der Waals surface area contributed by atoms with Gasteiger partial charge < -0.3 is 14.7 Å². The van der Waals surface area contributed by atoms with E-state index >= 15 is 0 Å². The first-order valence-corrected chi connectivity index (χ1v) is 14.1. The summed E-state index contributed by atoms with van der Waals surface area (Å²) in [6.07, 6.45) is 2.60. The SMILES string of the molecule is CCCN1NC(C)c2nc(-c3cc(S(=O)(=O)N4CCC(C(C)C)CC4)ccc3OCC)[nH]c(=O)c21. The summed E-state index contributed by atoms with van der Waals surface area (Å²) in [4.78, 5) is 20.9. The number of H-pyrrole nitrogens is 1. The maximum absolute atomic E-state index is 13.5. The van der Waals surface area contributed by atoms with Crippen molar-refractivity contribution in [3.05, 3.63) is 34.2 Å². The van der Waals surface area contributed by atoms with E-state index in [2.05, 4.69) is 24.3 Å². The molecule has 35 heavy (non-hydrogen) atoms. The lowest BCUT2D eigenvalue weighted by molar-refractivity contribution is 0.226. The zero-order valence-electron chi connectivity index (χ0n) is 21.3. The smallest absolute Gasteiger partial charge is 0.276 e. The molecule has 0 saturated carbocycles. The van der Waals surface area contributed by atoms with Crippen molar-refractivity contribution in [2.45, 2.75) is 64.8 Å². The molecule has 4 rings (SSSR count). The number of piperidine rings is 1. The average Bonchev–Trinajstić information content (AvgIpc) is 3.15. The van der Waals surface area contributed by atoms with Crippen LogP contribution in [0.1, 0.15) is 65.6 Å². The Balaban J connectivity index is 1.73. The van der Waals surface area contributed by atoms with Gasteiger partial charge in [0, 0.05) is 19.6 Å². The first-order valence-electron chi connectivity index (χ1n) is 12.6. The van der Waals surface area contributed by atoms with Crippen molar-refractivity contribution in [2.24, 2.45) is 11.8 Å². The third-order valence-corrected chi connectivity index (χ3v) is 8.88. The van der Waals surface area contributed by atoms with E-state index in [1.807, 2.05) is 25.8 Å². The summed E-state index contributed by atoms with van der Waals surface area (Å²) in [6, 6.07) is 4.68. The van der Waals surface area contributed by atoms with Gasteiger partial charge in [0.05, 0.1) is 28.8 Å². The first-order chi connectivity index (χ1) is 16.7. The van der Waals surface area contributed by atoms with Gasteiger partial charge in [-0.15, -0.1) is 0 Å². The second kappa shape index (κ2) is 10.3. The number of hydrazine groups is 1. The summed E-state index contributed by atoms with van der Waals surface area (Å²) in [5.41, 5.74) is 4.64. The highest BCUT2D eigenvalue weighted by atomic mass is 32.2. The Bertz CT molecular complexity index is 1220. The van der Waals surface area contributed by atoms with E-state index in [-0.39, 0.29) is 16.5 Å². The summed E-state index contributed by atoms with van der Waals surface area (Å²) in [7, 11) is -3.68. The van der Waals surface area contributed by atoms with Crippen LogP contribution in [0.2, 0.25) is 0 Å². The van der Waals surface area contributed by atoms with Gasteiger partial charge in [0.25, 0.3) is 5.56 Å². The molecule has 0 bridgehead atoms. The van der Waals surface area contributed by atoms with E-state index in [1.165, 1.54) is 0 Å². The number of sulfonamides is 1. The quantitative estimate of drug-likeness (QED) is 0.566. The predicted octanol–water partition coefficient (Wildman–Crippen LogP) is 3.69. The Hall–Kier alpha value is -2.43. The molecular formula is C25H37N5O4S. The maximum atomic E-state index is 13.5. The average molecular weight is 504 g/mol. The van der Waals surface area contributed by atoms with Crippen LogP contribution in [0, 0.1) is 11.8 Å². The molecule has 1 fully saturated rings. The van der Waals surface area contributed by atoms with Crippen molar-refractivity contribution in [1.29, 1.82) is 0 Å². The minimum absolute atomic E-state index is 0.137. The van der Waals surface area contributed by atoms with Crippen molar-refractivity contribution in [3.8, 4) is 17.1 Å². The number of aromatic amines is 1. The lowest BCUT2D eigenvalue weighted by Gasteiger charge is -2.33. The largest absolute Gasteiger partial charge is 0.493 e. The summed E-state index contributed by atoms with van der Waals surface area (Å²) < 4.78 is 34.4. The van der Waals surface area contributed by atoms with Gasteiger partial charge in [0.1, 0.15) is 17.3 Å². The van der Waals surface area contributed by atoms with E-state index in [4.69, 9.17) is 9.72 Å². The van der Waals surface area contributed by atoms with Crippen LogP contribution in [0.4, 0.5) is 5.69 Å². The minimum atomic E-state index is -3.68. The summed E-state index contributed by atoms with van der Waals surface area (Å²) in [6.45, 7) is 12.4. The molecule has 2 aromatic rings. The van der Waals surface area contributed by atoms with E-state index < -0.39 is 10.0 Å². The normalized spacial score (nSPS) is 19.4. The molecule has 1 aromatic heterocycles. The lowest BCUT2D eigenvalue weighted by atomic mass is 9.87. The van der Waals surface area contributed by atoms with Gasteiger partial charge in [-0.25, -0.2) is 18.8 Å². The Morgan fingerprint density at radius 1 is 1.20 bits per heavy atom. The Morgan fingerprint density at radius 2 is 1.91 bits per heavy atom. The van der Waals surface area contributed by atoms with Gasteiger partial charge in [0.2, 0.25) is 10.0 Å². The molecule has 0 spiro atoms. The van der Waals surface area contributed by atoms with Gasteiger partial charge in [0.15, 0.2) is 0 Å². The van der Waals surface area contributed by atoms with E-state index in [0.717, 1.165) is 19.3 Å². The van der Waals surface area contributed by atoms with Crippen LogP contribution < -0.4 is 20.7 Å². The van der Waals surface area contributed by atoms with Crippen molar-refractivity contribution >= 4 is 15.7 Å². The second-order valence-electron chi connectivity index (χ2n) is 9.73. The summed E-state index contributed by atoms with van der Waals surface area (Å²) in [5.74, 6) is 1.88. The van der Waals surface area contributed by atoms with E-state index in [0.29, 0.717) is 66.6 Å². The van der Waals surface area contributed by atoms with Gasteiger partial charge >= 0.3 is 0 Å². The van der Waals surface area contributed by atoms with Crippen molar-refractivity contribution in [3.63, 3.8) is 0 Å². The maximum Gasteiger partial charge on any atom is 0.276 e. The molecule has 192 valence electrons. The summed E-state index contributed by atoms with van der Waals surface area (Å²) in [5, 5.41) is 1.83. The number of nitrogens with one attached hydrogen (secondary N) is 2. The number of aromatic nitrogens is 2. The number of nitrogens with zero attached hydrogens (tertiary/aromatic N) is 3. The second-order valence-corrected chi connectivity index (χ2v) is 11.7. The highest BCUT2D eigenvalue weighted by molar-refractivity contribution is 7.89. The molecule has 10 heteroatoms. The van der Waals surface area contributed by atoms with Crippen molar-refractivity contribution in [1.82, 2.24) is 19.7 Å². The molecule has 1 unspecified atom stereocenters. The number of ether oxygens (including phenoxy) is 1. The van der Waals surface area contributed by atoms with Crippen LogP contribution >= 0.6 is 0 Å². The monoisotopic (exact) mass is 503 g/mol. The standard InChI is InChI=1S/C25H37N5O4S/c1-6-12-30-23-22(17(5)28-30)26-24(27-25(23)31)20-15-19(8-9-21(20)34-7-2)35(32,33)29-13-10-18(11-14-29)16(3)4/h8-9,15-18,28H,6-7,10-14H2,1-5H3,(H,26,27,31). The fourth-order valence-corrected chi connectivity index (χ4v) is 6.50. The van der Waals surface area contributed by atoms with Gasteiger partial charge in [-0.05, 0) is 63.1 Å². The van der Waals surface area contributed by atoms with Crippen LogP contribution in [0.25, 0.3) is 11.4 Å². The van der Waals surface area contributed by atoms with Gasteiger partial charge in [-0.2, -0.15) is 4.31 Å². The molecule has 2 aliphatic heterocycles. The first kappa shape index (κ1) is 25.7. The number of hydrogen-bond acceptors (Lipinski definition) is 7. The highest BCUT2D eigenvalue weighted by Crippen LogP contribution is 2.35. The predicted molar refractivity (Wildman–Crippen MR) is 137 cm³/mol. The van der Waals surface area contributed by atoms with Crippen LogP contribution in [0.3, 0.4) is 0 Å². The fraction of sp³-hybridized carbons (Fsp3) is 0.600. The van der Waals surface area contributed by atoms with E-state index in [1.54, 1.807) is 22.5 Å². The molecule has 1 atom stereocenters. The molecule has 2 aliphatic rings. The molecule has 0 amide bonds. The molecule has 0 radical (unpaired) electrons. The molecule has 0 aliphatic carbocycles. The van der Waals surface area contributed by atoms with Gasteiger partial charge in [-0.3, -0.25) is 4.79 Å². The third-order valence-electron chi connectivity index (χ3n) is 6.98. The highest BCUT2D eigenvalue weighted by Gasteiger charge is 2.33. The topological polar surface area (TPSA) is 108 Å². The van der Waals surface area contributed by atoms with Crippen LogP contribution in [0.15, 0.2) is 27.9 Å². The molecule has 1 aromatic carbocycles.